The fraction of sp³-hybridized carbons (Fsp3) is 0.857. The van der Waals surface area contributed by atoms with E-state index in [1.807, 2.05) is 0 Å². The molecule has 2 heteroatoms. The summed E-state index contributed by atoms with van der Waals surface area (Å²) in [5.41, 5.74) is 0. The van der Waals surface area contributed by atoms with Gasteiger partial charge >= 0.3 is 0 Å². The van der Waals surface area contributed by atoms with Crippen LogP contribution in [0.5, 0.6) is 0 Å². The van der Waals surface area contributed by atoms with Crippen molar-refractivity contribution in [2.75, 3.05) is 19.7 Å². The quantitative estimate of drug-likeness (QED) is 0.577. The Balaban J connectivity index is 2.32. The van der Waals surface area contributed by atoms with Crippen molar-refractivity contribution in [3.8, 4) is 0 Å². The molecule has 1 fully saturated rings. The number of rotatable bonds is 2. The van der Waals surface area contributed by atoms with E-state index in [0.29, 0.717) is 12.6 Å². The highest BCUT2D eigenvalue weighted by Crippen LogP contribution is 2.14. The first-order chi connectivity index (χ1) is 4.38. The molecule has 0 saturated carbocycles. The van der Waals surface area contributed by atoms with Gasteiger partial charge < -0.3 is 5.11 Å². The van der Waals surface area contributed by atoms with E-state index in [0.717, 1.165) is 19.5 Å². The van der Waals surface area contributed by atoms with Crippen LogP contribution in [0.2, 0.25) is 0 Å². The molecule has 0 aromatic rings. The van der Waals surface area contributed by atoms with Crippen LogP contribution in [0.25, 0.3) is 0 Å². The molecular weight excluding hydrogens is 114 g/mol. The average molecular weight is 128 g/mol. The molecule has 1 N–H and O–H groups in total. The van der Waals surface area contributed by atoms with Crippen LogP contribution in [0.4, 0.5) is 0 Å². The largest absolute Gasteiger partial charge is 0.395 e. The molecule has 1 aliphatic rings. The van der Waals surface area contributed by atoms with E-state index in [1.165, 1.54) is 6.42 Å². The van der Waals surface area contributed by atoms with E-state index in [1.54, 1.807) is 0 Å². The van der Waals surface area contributed by atoms with Gasteiger partial charge in [-0.05, 0) is 32.9 Å². The summed E-state index contributed by atoms with van der Waals surface area (Å²) in [5.74, 6) is 0. The molecule has 1 heterocycles. The Bertz CT molecular complexity index is 75.0. The second kappa shape index (κ2) is 3.18. The smallest absolute Gasteiger partial charge is 0.0586 e. The minimum absolute atomic E-state index is 0.301. The van der Waals surface area contributed by atoms with Gasteiger partial charge in [0.05, 0.1) is 6.61 Å². The van der Waals surface area contributed by atoms with Gasteiger partial charge in [0, 0.05) is 6.04 Å². The summed E-state index contributed by atoms with van der Waals surface area (Å²) in [4.78, 5) is 2.22. The van der Waals surface area contributed by atoms with Crippen LogP contribution in [0, 0.1) is 6.92 Å². The first-order valence-electron chi connectivity index (χ1n) is 3.52. The summed E-state index contributed by atoms with van der Waals surface area (Å²) < 4.78 is 0. The molecule has 1 rings (SSSR count). The van der Waals surface area contributed by atoms with Crippen molar-refractivity contribution in [3.05, 3.63) is 6.92 Å². The molecule has 1 atom stereocenters. The van der Waals surface area contributed by atoms with Crippen molar-refractivity contribution >= 4 is 0 Å². The number of hydrogen-bond donors (Lipinski definition) is 1. The van der Waals surface area contributed by atoms with Crippen LogP contribution < -0.4 is 0 Å². The zero-order valence-electron chi connectivity index (χ0n) is 5.71. The van der Waals surface area contributed by atoms with Gasteiger partial charge in [0.2, 0.25) is 0 Å². The van der Waals surface area contributed by atoms with Gasteiger partial charge in [-0.1, -0.05) is 0 Å². The predicted molar refractivity (Wildman–Crippen MR) is 37.0 cm³/mol. The molecule has 1 saturated heterocycles. The third kappa shape index (κ3) is 1.43. The lowest BCUT2D eigenvalue weighted by Gasteiger charge is -2.19. The maximum absolute atomic E-state index is 8.80. The number of likely N-dealkylation sites (tertiary alicyclic amines) is 1. The maximum Gasteiger partial charge on any atom is 0.0586 e. The van der Waals surface area contributed by atoms with Crippen LogP contribution in [-0.4, -0.2) is 35.7 Å². The summed E-state index contributed by atoms with van der Waals surface area (Å²) >= 11 is 0. The Kier molecular flexibility index (Phi) is 2.49. The van der Waals surface area contributed by atoms with Crippen LogP contribution in [0.3, 0.4) is 0 Å². The third-order valence-electron chi connectivity index (χ3n) is 2.00. The van der Waals surface area contributed by atoms with E-state index in [4.69, 9.17) is 5.11 Å². The lowest BCUT2D eigenvalue weighted by molar-refractivity contribution is 0.169. The molecule has 0 aromatic heterocycles. The van der Waals surface area contributed by atoms with Gasteiger partial charge in [-0.3, -0.25) is 4.90 Å². The van der Waals surface area contributed by atoms with Gasteiger partial charge in [0.15, 0.2) is 0 Å². The lowest BCUT2D eigenvalue weighted by atomic mass is 10.2. The number of aliphatic hydroxyl groups is 1. The second-order valence-electron chi connectivity index (χ2n) is 2.51. The van der Waals surface area contributed by atoms with Crippen molar-refractivity contribution in [1.29, 1.82) is 0 Å². The van der Waals surface area contributed by atoms with E-state index >= 15 is 0 Å². The van der Waals surface area contributed by atoms with Crippen molar-refractivity contribution in [2.45, 2.75) is 18.9 Å². The second-order valence-corrected chi connectivity index (χ2v) is 2.51. The highest BCUT2D eigenvalue weighted by molar-refractivity contribution is 4.78. The van der Waals surface area contributed by atoms with Crippen molar-refractivity contribution in [1.82, 2.24) is 4.90 Å². The Morgan fingerprint density at radius 3 is 2.89 bits per heavy atom. The van der Waals surface area contributed by atoms with Crippen LogP contribution in [0.15, 0.2) is 0 Å². The molecule has 9 heavy (non-hydrogen) atoms. The molecule has 2 nitrogen and oxygen atoms in total. The summed E-state index contributed by atoms with van der Waals surface area (Å²) in [6, 6.07) is 0.405. The highest BCUT2D eigenvalue weighted by Gasteiger charge is 2.21. The molecule has 53 valence electrons. The van der Waals surface area contributed by atoms with E-state index in [2.05, 4.69) is 11.8 Å². The van der Waals surface area contributed by atoms with Crippen molar-refractivity contribution in [3.63, 3.8) is 0 Å². The first kappa shape index (κ1) is 7.03. The molecule has 1 unspecified atom stereocenters. The zero-order valence-corrected chi connectivity index (χ0v) is 5.71. The Hall–Kier alpha value is -0.0800. The SMILES string of the molecule is [CH2]CN1CCCC1CO. The normalized spacial score (nSPS) is 29.3. The first-order valence-corrected chi connectivity index (χ1v) is 3.52. The van der Waals surface area contributed by atoms with Gasteiger partial charge in [0.1, 0.15) is 0 Å². The van der Waals surface area contributed by atoms with E-state index in [9.17, 15) is 0 Å². The Morgan fingerprint density at radius 1 is 1.67 bits per heavy atom. The minimum Gasteiger partial charge on any atom is -0.395 e. The predicted octanol–water partition coefficient (Wildman–Crippen LogP) is 0.277. The van der Waals surface area contributed by atoms with Crippen LogP contribution >= 0.6 is 0 Å². The van der Waals surface area contributed by atoms with Gasteiger partial charge in [-0.15, -0.1) is 0 Å². The van der Waals surface area contributed by atoms with Gasteiger partial charge in [0.25, 0.3) is 0 Å². The standard InChI is InChI=1S/C7H14NO/c1-2-8-5-3-4-7(8)6-9/h7,9H,1-6H2. The van der Waals surface area contributed by atoms with Gasteiger partial charge in [-0.2, -0.15) is 0 Å². The van der Waals surface area contributed by atoms with Crippen LogP contribution in [0.1, 0.15) is 12.8 Å². The molecule has 1 aliphatic heterocycles. The maximum atomic E-state index is 8.80. The lowest BCUT2D eigenvalue weighted by Crippen LogP contribution is -2.31. The van der Waals surface area contributed by atoms with Crippen molar-refractivity contribution in [2.24, 2.45) is 0 Å². The summed E-state index contributed by atoms with van der Waals surface area (Å²) in [7, 11) is 0. The fourth-order valence-electron chi connectivity index (χ4n) is 1.40. The molecular formula is C7H14NO. The molecule has 0 aliphatic carbocycles. The summed E-state index contributed by atoms with van der Waals surface area (Å²) in [6.45, 7) is 6.04. The third-order valence-corrected chi connectivity index (χ3v) is 2.00. The number of nitrogens with zero attached hydrogens (tertiary/aromatic N) is 1. The van der Waals surface area contributed by atoms with Crippen LogP contribution in [-0.2, 0) is 0 Å². The zero-order chi connectivity index (χ0) is 6.69. The Labute approximate surface area is 56.5 Å². The fourth-order valence-corrected chi connectivity index (χ4v) is 1.40. The number of aliphatic hydroxyl groups excluding tert-OH is 1. The minimum atomic E-state index is 0.301. The Morgan fingerprint density at radius 2 is 2.44 bits per heavy atom. The van der Waals surface area contributed by atoms with Crippen molar-refractivity contribution < 1.29 is 5.11 Å². The molecule has 0 amide bonds. The van der Waals surface area contributed by atoms with Gasteiger partial charge in [-0.25, -0.2) is 0 Å². The molecule has 1 radical (unpaired) electrons. The molecule has 0 spiro atoms. The van der Waals surface area contributed by atoms with E-state index in [-0.39, 0.29) is 0 Å². The monoisotopic (exact) mass is 128 g/mol. The average Bonchev–Trinajstić information content (AvgIpc) is 2.33. The highest BCUT2D eigenvalue weighted by atomic mass is 16.3. The summed E-state index contributed by atoms with van der Waals surface area (Å²) in [6.07, 6.45) is 2.37. The topological polar surface area (TPSA) is 23.5 Å². The van der Waals surface area contributed by atoms with E-state index < -0.39 is 0 Å². The molecule has 0 aromatic carbocycles. The molecule has 0 bridgehead atoms. The number of hydrogen-bond acceptors (Lipinski definition) is 2. The summed E-state index contributed by atoms with van der Waals surface area (Å²) in [5, 5.41) is 8.80.